The Morgan fingerprint density at radius 2 is 1.61 bits per heavy atom. The standard InChI is InChI=1S/C48H68Cl2O17/c1-11-27-20-23(4)30(52)16-14-13-15-28(21-62-47-42(61-10)39(57)41(26(7)63-47)65-45(60)32-29(12-2)33(49)36(54)34(50)35(32)53)44(59)64-31(25(6)51)18-17-22(3)19-24(5)40(27)66-46-38(56)37(55)43(58)48(8,9)67-46/h13-15,17,19-20,25-27,30-31,37-43,46-47,51-58H,11-12,16,18,21H2,1-10H3/b14-13+,22-17+,23-20+,24-19+,28-15+/t25-,26-,27+,30+,31+,37-,38+,39+,40+,41-,42+,43+,46-,47-/m1/s1. The predicted octanol–water partition coefficient (Wildman–Crippen LogP) is 5.03. The number of aromatic hydroxyl groups is 2. The summed E-state index contributed by atoms with van der Waals surface area (Å²) in [6.07, 6.45) is -5.33. The van der Waals surface area contributed by atoms with Crippen molar-refractivity contribution in [1.29, 1.82) is 0 Å². The maximum atomic E-state index is 13.9. The van der Waals surface area contributed by atoms with Crippen LogP contribution in [0.5, 0.6) is 11.5 Å². The molecule has 19 heteroatoms. The predicted molar refractivity (Wildman–Crippen MR) is 246 cm³/mol. The Morgan fingerprint density at radius 1 is 0.940 bits per heavy atom. The van der Waals surface area contributed by atoms with Gasteiger partial charge in [0, 0.05) is 19.4 Å². The summed E-state index contributed by atoms with van der Waals surface area (Å²) in [6.45, 7) is 14.7. The molecule has 1 aromatic rings. The second kappa shape index (κ2) is 24.4. The fourth-order valence-corrected chi connectivity index (χ4v) is 8.70. The number of methoxy groups -OCH3 is 1. The van der Waals surface area contributed by atoms with Crippen LogP contribution in [0.3, 0.4) is 0 Å². The Labute approximate surface area is 401 Å². The molecule has 0 radical (unpaired) electrons. The lowest BCUT2D eigenvalue weighted by Gasteiger charge is -2.46. The lowest BCUT2D eigenvalue weighted by atomic mass is 9.88. The molecule has 8 N–H and O–H groups in total. The van der Waals surface area contributed by atoms with Crippen molar-refractivity contribution in [3.63, 3.8) is 0 Å². The summed E-state index contributed by atoms with van der Waals surface area (Å²) < 4.78 is 41.5. The van der Waals surface area contributed by atoms with Crippen LogP contribution in [-0.2, 0) is 44.4 Å². The van der Waals surface area contributed by atoms with Crippen molar-refractivity contribution in [3.8, 4) is 11.5 Å². The van der Waals surface area contributed by atoms with Crippen LogP contribution in [-0.4, -0.2) is 152 Å². The van der Waals surface area contributed by atoms with Crippen LogP contribution in [0, 0.1) is 5.92 Å². The number of carbonyl (C=O) groups excluding carboxylic acids is 2. The van der Waals surface area contributed by atoms with Gasteiger partial charge in [-0.25, -0.2) is 9.59 Å². The number of hydrogen-bond donors (Lipinski definition) is 8. The quantitative estimate of drug-likeness (QED) is 0.107. The van der Waals surface area contributed by atoms with Crippen molar-refractivity contribution in [2.24, 2.45) is 5.92 Å². The van der Waals surface area contributed by atoms with Gasteiger partial charge in [-0.15, -0.1) is 0 Å². The van der Waals surface area contributed by atoms with Gasteiger partial charge in [-0.1, -0.05) is 73.0 Å². The van der Waals surface area contributed by atoms with Crippen LogP contribution in [0.25, 0.3) is 0 Å². The first-order valence-electron chi connectivity index (χ1n) is 22.3. The van der Waals surface area contributed by atoms with Crippen molar-refractivity contribution < 1.29 is 83.6 Å². The number of cyclic esters (lactones) is 1. The zero-order valence-corrected chi connectivity index (χ0v) is 41.1. The molecule has 0 unspecified atom stereocenters. The monoisotopic (exact) mass is 986 g/mol. The summed E-state index contributed by atoms with van der Waals surface area (Å²) in [7, 11) is 1.26. The molecule has 376 valence electrons. The van der Waals surface area contributed by atoms with Crippen LogP contribution < -0.4 is 0 Å². The molecule has 0 aliphatic carbocycles. The molecule has 0 bridgehead atoms. The first-order chi connectivity index (χ1) is 31.4. The molecule has 4 rings (SSSR count). The summed E-state index contributed by atoms with van der Waals surface area (Å²) in [5.74, 6) is -3.68. The number of allylic oxidation sites excluding steroid dienone is 4. The van der Waals surface area contributed by atoms with Gasteiger partial charge in [-0.2, -0.15) is 0 Å². The van der Waals surface area contributed by atoms with Crippen LogP contribution in [0.15, 0.2) is 58.7 Å². The molecule has 0 saturated carbocycles. The van der Waals surface area contributed by atoms with Crippen molar-refractivity contribution in [1.82, 2.24) is 0 Å². The van der Waals surface area contributed by atoms with Gasteiger partial charge in [0.05, 0.1) is 47.2 Å². The molecular weight excluding hydrogens is 919 g/mol. The maximum absolute atomic E-state index is 13.9. The van der Waals surface area contributed by atoms with E-state index in [2.05, 4.69) is 0 Å². The normalized spacial score (nSPS) is 36.6. The number of phenols is 2. The molecule has 17 nitrogen and oxygen atoms in total. The molecule has 2 saturated heterocycles. The maximum Gasteiger partial charge on any atom is 0.342 e. The van der Waals surface area contributed by atoms with E-state index in [-0.39, 0.29) is 41.3 Å². The molecule has 14 atom stereocenters. The summed E-state index contributed by atoms with van der Waals surface area (Å²) >= 11 is 12.3. The zero-order valence-electron chi connectivity index (χ0n) is 39.6. The van der Waals surface area contributed by atoms with E-state index in [1.54, 1.807) is 39.8 Å². The van der Waals surface area contributed by atoms with E-state index in [1.165, 1.54) is 33.1 Å². The summed E-state index contributed by atoms with van der Waals surface area (Å²) in [6, 6.07) is 0. The van der Waals surface area contributed by atoms with E-state index >= 15 is 0 Å². The molecule has 3 heterocycles. The zero-order chi connectivity index (χ0) is 50.2. The number of esters is 2. The molecule has 67 heavy (non-hydrogen) atoms. The Kier molecular flexibility index (Phi) is 20.5. The topological polar surface area (TPSA) is 261 Å². The lowest BCUT2D eigenvalue weighted by molar-refractivity contribution is -0.331. The number of benzene rings is 1. The molecule has 2 fully saturated rings. The first-order valence-corrected chi connectivity index (χ1v) is 23.1. The molecule has 0 spiro atoms. The minimum atomic E-state index is -1.57. The van der Waals surface area contributed by atoms with Crippen molar-refractivity contribution in [2.75, 3.05) is 13.7 Å². The highest BCUT2D eigenvalue weighted by atomic mass is 35.5. The number of carbonyl (C=O) groups is 2. The van der Waals surface area contributed by atoms with Crippen molar-refractivity contribution >= 4 is 35.1 Å². The largest absolute Gasteiger partial charge is 0.505 e. The van der Waals surface area contributed by atoms with Gasteiger partial charge < -0.3 is 74.0 Å². The number of hydrogen-bond acceptors (Lipinski definition) is 17. The van der Waals surface area contributed by atoms with Gasteiger partial charge in [-0.05, 0) is 90.5 Å². The SMILES string of the molecule is CCc1c(Cl)c(O)c(Cl)c(O)c1C(=O)O[C@H]1[C@H](O)[C@H](OC)[C@H](OC/C2=C\C=C\C[C@H](O)/C(C)=C/[C@H](CC)[C@@H](O[C@@H]3OC(C)(C)[C@@H](O)[C@H](O)[C@@H]3O)/C(C)=C/C(C)=C/C[C@@H]([C@@H](C)O)OC2=O)O[C@@H]1C. The molecule has 1 aromatic carbocycles. The molecule has 0 amide bonds. The second-order valence-electron chi connectivity index (χ2n) is 17.8. The number of halogens is 2. The van der Waals surface area contributed by atoms with Gasteiger partial charge >= 0.3 is 11.9 Å². The summed E-state index contributed by atoms with van der Waals surface area (Å²) in [5, 5.41) is 85.7. The van der Waals surface area contributed by atoms with E-state index in [0.717, 1.165) is 0 Å². The van der Waals surface area contributed by atoms with Gasteiger partial charge in [0.25, 0.3) is 0 Å². The minimum absolute atomic E-state index is 0.0296. The third-order valence-electron chi connectivity index (χ3n) is 12.3. The van der Waals surface area contributed by atoms with E-state index in [1.807, 2.05) is 32.9 Å². The van der Waals surface area contributed by atoms with E-state index in [9.17, 15) is 50.4 Å². The second-order valence-corrected chi connectivity index (χ2v) is 18.6. The highest BCUT2D eigenvalue weighted by molar-refractivity contribution is 6.39. The third-order valence-corrected chi connectivity index (χ3v) is 13.1. The van der Waals surface area contributed by atoms with Crippen LogP contribution in [0.2, 0.25) is 10.0 Å². The fraction of sp³-hybridized carbons (Fsp3) is 0.625. The van der Waals surface area contributed by atoms with E-state index in [0.29, 0.717) is 23.1 Å². The third kappa shape index (κ3) is 13.5. The Hall–Kier alpha value is -3.40. The lowest BCUT2D eigenvalue weighted by Crippen LogP contribution is -2.63. The van der Waals surface area contributed by atoms with Crippen molar-refractivity contribution in [3.05, 3.63) is 79.9 Å². The highest BCUT2D eigenvalue weighted by Gasteiger charge is 2.50. The van der Waals surface area contributed by atoms with Crippen molar-refractivity contribution in [2.45, 2.75) is 173 Å². The number of phenolic OH excluding ortho intramolecular Hbond substituents is 2. The average molecular weight is 988 g/mol. The van der Waals surface area contributed by atoms with Gasteiger partial charge in [0.1, 0.15) is 47.2 Å². The Balaban J connectivity index is 1.60. The minimum Gasteiger partial charge on any atom is -0.505 e. The Bertz CT molecular complexity index is 2050. The molecule has 3 aliphatic rings. The van der Waals surface area contributed by atoms with Gasteiger partial charge in [0.15, 0.2) is 30.2 Å². The Morgan fingerprint density at radius 3 is 2.22 bits per heavy atom. The smallest absolute Gasteiger partial charge is 0.342 e. The van der Waals surface area contributed by atoms with E-state index in [4.69, 9.17) is 56.4 Å². The number of aliphatic hydroxyl groups excluding tert-OH is 6. The number of rotatable bonds is 11. The highest BCUT2D eigenvalue weighted by Crippen LogP contribution is 2.45. The molecule has 3 aliphatic heterocycles. The molecular formula is C48H68Cl2O17. The number of ether oxygens (including phenoxy) is 7. The van der Waals surface area contributed by atoms with Crippen LogP contribution >= 0.6 is 23.2 Å². The summed E-state index contributed by atoms with van der Waals surface area (Å²) in [4.78, 5) is 27.3. The van der Waals surface area contributed by atoms with Crippen LogP contribution in [0.4, 0.5) is 0 Å². The average Bonchev–Trinajstić information content (AvgIpc) is 3.27. The molecule has 0 aromatic heterocycles. The van der Waals surface area contributed by atoms with Gasteiger partial charge in [-0.3, -0.25) is 0 Å². The summed E-state index contributed by atoms with van der Waals surface area (Å²) in [5.41, 5.74) is 0.400. The first kappa shape index (κ1) is 56.2. The van der Waals surface area contributed by atoms with E-state index < -0.39 is 126 Å². The fourth-order valence-electron chi connectivity index (χ4n) is 8.14. The van der Waals surface area contributed by atoms with Crippen LogP contribution in [0.1, 0.15) is 97.5 Å². The van der Waals surface area contributed by atoms with Gasteiger partial charge in [0.2, 0.25) is 0 Å². The number of aliphatic hydroxyl groups is 6.